The van der Waals surface area contributed by atoms with E-state index in [-0.39, 0.29) is 25.7 Å². The van der Waals surface area contributed by atoms with Crippen molar-refractivity contribution in [3.63, 3.8) is 0 Å². The summed E-state index contributed by atoms with van der Waals surface area (Å²) in [6.45, 7) is 7.39. The van der Waals surface area contributed by atoms with Gasteiger partial charge in [-0.15, -0.1) is 0 Å². The molecule has 0 amide bonds. The highest BCUT2D eigenvalue weighted by atomic mass is 31.2. The van der Waals surface area contributed by atoms with Gasteiger partial charge in [0.05, 0.1) is 26.4 Å². The number of esters is 4. The number of unbranched alkanes of at least 4 members (excludes halogenated alkanes) is 59. The highest BCUT2D eigenvalue weighted by molar-refractivity contribution is 7.47. The molecule has 0 fully saturated rings. The van der Waals surface area contributed by atoms with E-state index in [9.17, 15) is 43.2 Å². The summed E-state index contributed by atoms with van der Waals surface area (Å²) >= 11 is 0. The van der Waals surface area contributed by atoms with Gasteiger partial charge in [0.1, 0.15) is 19.3 Å². The Morgan fingerprint density at radius 3 is 0.642 bits per heavy atom. The molecule has 0 spiro atoms. The van der Waals surface area contributed by atoms with Gasteiger partial charge < -0.3 is 33.8 Å². The van der Waals surface area contributed by atoms with Crippen LogP contribution in [0, 0.1) is 5.92 Å². The maximum absolute atomic E-state index is 13.2. The third-order valence-corrected chi connectivity index (χ3v) is 22.4. The van der Waals surface area contributed by atoms with E-state index in [4.69, 9.17) is 37.0 Å². The molecule has 106 heavy (non-hydrogen) atoms. The predicted octanol–water partition coefficient (Wildman–Crippen LogP) is 26.8. The standard InChI is InChI=1S/C87H170O17P2/c1-6-9-12-15-18-21-23-25-27-28-29-30-31-35-39-42-46-51-56-61-66-71-85(90)98-77-83(104-87(92)73-68-63-58-53-48-44-40-36-33-32-34-38-41-45-50-54-59-64-69-80(4)5)79-102-106(95,96)100-75-81(88)74-99-105(93,94)101-78-82(76-97-84(89)70-65-60-55-49-20-17-14-11-8-3)103-86(91)72-67-62-57-52-47-43-37-26-24-22-19-16-13-10-7-2/h80-83,88H,6-79H2,1-5H3,(H,93,94)(H,95,96)/t81-,82+,83+/m0/s1. The predicted molar refractivity (Wildman–Crippen MR) is 437 cm³/mol. The second kappa shape index (κ2) is 79.7. The van der Waals surface area contributed by atoms with Crippen LogP contribution in [0.4, 0.5) is 0 Å². The monoisotopic (exact) mass is 1550 g/mol. The van der Waals surface area contributed by atoms with Crippen LogP contribution in [0.5, 0.6) is 0 Å². The molecule has 0 aliphatic rings. The molecule has 17 nitrogen and oxygen atoms in total. The van der Waals surface area contributed by atoms with E-state index in [1.807, 2.05) is 0 Å². The Balaban J connectivity index is 5.19. The number of phosphoric ester groups is 2. The first-order valence-corrected chi connectivity index (χ1v) is 48.1. The van der Waals surface area contributed by atoms with Crippen LogP contribution < -0.4 is 0 Å². The van der Waals surface area contributed by atoms with Crippen LogP contribution in [0.25, 0.3) is 0 Å². The Bertz CT molecular complexity index is 2010. The maximum Gasteiger partial charge on any atom is 0.472 e. The Kier molecular flexibility index (Phi) is 78.2. The van der Waals surface area contributed by atoms with Crippen LogP contribution in [-0.2, 0) is 65.4 Å². The first-order chi connectivity index (χ1) is 51.5. The zero-order valence-corrected chi connectivity index (χ0v) is 71.4. The molecule has 0 bridgehead atoms. The highest BCUT2D eigenvalue weighted by Gasteiger charge is 2.30. The molecule has 0 aromatic heterocycles. The number of carbonyl (C=O) groups excluding carboxylic acids is 4. The van der Waals surface area contributed by atoms with Crippen LogP contribution >= 0.6 is 15.6 Å². The van der Waals surface area contributed by atoms with Crippen LogP contribution in [0.1, 0.15) is 471 Å². The number of aliphatic hydroxyl groups excluding tert-OH is 1. The fourth-order valence-electron chi connectivity index (χ4n) is 13.6. The lowest BCUT2D eigenvalue weighted by Gasteiger charge is -2.21. The summed E-state index contributed by atoms with van der Waals surface area (Å²) in [6, 6.07) is 0. The van der Waals surface area contributed by atoms with Gasteiger partial charge in [0.2, 0.25) is 0 Å². The molecule has 0 aromatic rings. The van der Waals surface area contributed by atoms with Crippen LogP contribution in [0.3, 0.4) is 0 Å². The van der Waals surface area contributed by atoms with Crippen molar-refractivity contribution in [2.45, 2.75) is 490 Å². The molecular formula is C87H170O17P2. The Labute approximate surface area is 651 Å². The summed E-state index contributed by atoms with van der Waals surface area (Å²) in [5.41, 5.74) is 0. The smallest absolute Gasteiger partial charge is 0.462 e. The second-order valence-electron chi connectivity index (χ2n) is 31.8. The third kappa shape index (κ3) is 80.1. The van der Waals surface area contributed by atoms with E-state index in [0.29, 0.717) is 25.7 Å². The second-order valence-corrected chi connectivity index (χ2v) is 34.7. The molecule has 0 radical (unpaired) electrons. The fourth-order valence-corrected chi connectivity index (χ4v) is 15.2. The number of rotatable bonds is 87. The minimum atomic E-state index is -4.97. The van der Waals surface area contributed by atoms with E-state index in [1.54, 1.807) is 0 Å². The average molecular weight is 1550 g/mol. The number of aliphatic hydroxyl groups is 1. The maximum atomic E-state index is 13.2. The van der Waals surface area contributed by atoms with Crippen LogP contribution in [-0.4, -0.2) is 96.7 Å². The van der Waals surface area contributed by atoms with Gasteiger partial charge >= 0.3 is 39.5 Å². The Morgan fingerprint density at radius 1 is 0.255 bits per heavy atom. The van der Waals surface area contributed by atoms with Gasteiger partial charge in [-0.3, -0.25) is 37.3 Å². The van der Waals surface area contributed by atoms with Crippen molar-refractivity contribution in [2.24, 2.45) is 5.92 Å². The van der Waals surface area contributed by atoms with Gasteiger partial charge in [0.15, 0.2) is 12.2 Å². The van der Waals surface area contributed by atoms with E-state index >= 15 is 0 Å². The van der Waals surface area contributed by atoms with Gasteiger partial charge in [-0.05, 0) is 31.6 Å². The minimum Gasteiger partial charge on any atom is -0.462 e. The van der Waals surface area contributed by atoms with Crippen molar-refractivity contribution >= 4 is 39.5 Å². The summed E-state index contributed by atoms with van der Waals surface area (Å²) in [5.74, 6) is -1.28. The van der Waals surface area contributed by atoms with E-state index in [1.165, 1.54) is 295 Å². The largest absolute Gasteiger partial charge is 0.472 e. The molecule has 0 heterocycles. The normalized spacial score (nSPS) is 13.7. The van der Waals surface area contributed by atoms with Crippen molar-refractivity contribution in [1.82, 2.24) is 0 Å². The van der Waals surface area contributed by atoms with Gasteiger partial charge in [-0.1, -0.05) is 420 Å². The molecule has 5 atom stereocenters. The lowest BCUT2D eigenvalue weighted by atomic mass is 10.0. The van der Waals surface area contributed by atoms with Crippen molar-refractivity contribution in [2.75, 3.05) is 39.6 Å². The van der Waals surface area contributed by atoms with Gasteiger partial charge in [0.25, 0.3) is 0 Å². The Morgan fingerprint density at radius 2 is 0.434 bits per heavy atom. The van der Waals surface area contributed by atoms with E-state index in [0.717, 1.165) is 95.8 Å². The molecule has 630 valence electrons. The molecule has 3 N–H and O–H groups in total. The quantitative estimate of drug-likeness (QED) is 0.0222. The Hall–Kier alpha value is -1.94. The fraction of sp³-hybridized carbons (Fsp3) is 0.954. The van der Waals surface area contributed by atoms with Crippen molar-refractivity contribution in [1.29, 1.82) is 0 Å². The zero-order valence-electron chi connectivity index (χ0n) is 69.6. The molecule has 0 aromatic carbocycles. The van der Waals surface area contributed by atoms with Crippen LogP contribution in [0.2, 0.25) is 0 Å². The molecular weight excluding hydrogens is 1380 g/mol. The third-order valence-electron chi connectivity index (χ3n) is 20.5. The topological polar surface area (TPSA) is 237 Å². The zero-order chi connectivity index (χ0) is 77.6. The molecule has 2 unspecified atom stereocenters. The lowest BCUT2D eigenvalue weighted by Crippen LogP contribution is -2.30. The molecule has 0 rings (SSSR count). The highest BCUT2D eigenvalue weighted by Crippen LogP contribution is 2.45. The van der Waals surface area contributed by atoms with Crippen molar-refractivity contribution in [3.8, 4) is 0 Å². The molecule has 19 heteroatoms. The summed E-state index contributed by atoms with van der Waals surface area (Å²) in [5, 5.41) is 10.7. The first kappa shape index (κ1) is 104. The summed E-state index contributed by atoms with van der Waals surface area (Å²) in [7, 11) is -9.92. The SMILES string of the molecule is CCCCCCCCCCCCCCCCCCCCCCCC(=O)OC[C@H](COP(=O)(O)OC[C@@H](O)COP(=O)(O)OC[C@@H](COC(=O)CCCCCCCCCCC)OC(=O)CCCCCCCCCCCCCCCCC)OC(=O)CCCCCCCCCCCCCCCCCCCCC(C)C. The molecule has 0 saturated carbocycles. The number of ether oxygens (including phenoxy) is 4. The average Bonchev–Trinajstić information content (AvgIpc) is 0.901. The van der Waals surface area contributed by atoms with Gasteiger partial charge in [0, 0.05) is 25.7 Å². The summed E-state index contributed by atoms with van der Waals surface area (Å²) in [6.07, 6.45) is 73.7. The number of hydrogen-bond donors (Lipinski definition) is 3. The first-order valence-electron chi connectivity index (χ1n) is 45.1. The van der Waals surface area contributed by atoms with Gasteiger partial charge in [-0.2, -0.15) is 0 Å². The van der Waals surface area contributed by atoms with Crippen LogP contribution in [0.15, 0.2) is 0 Å². The van der Waals surface area contributed by atoms with Crippen molar-refractivity contribution in [3.05, 3.63) is 0 Å². The molecule has 0 aliphatic carbocycles. The summed E-state index contributed by atoms with van der Waals surface area (Å²) in [4.78, 5) is 73.2. The minimum absolute atomic E-state index is 0.109. The van der Waals surface area contributed by atoms with E-state index < -0.39 is 97.5 Å². The van der Waals surface area contributed by atoms with Gasteiger partial charge in [-0.25, -0.2) is 9.13 Å². The number of hydrogen-bond acceptors (Lipinski definition) is 15. The van der Waals surface area contributed by atoms with E-state index in [2.05, 4.69) is 34.6 Å². The molecule has 0 saturated heterocycles. The number of carbonyl (C=O) groups is 4. The lowest BCUT2D eigenvalue weighted by molar-refractivity contribution is -0.161. The number of phosphoric acid groups is 2. The summed E-state index contributed by atoms with van der Waals surface area (Å²) < 4.78 is 68.9. The molecule has 0 aliphatic heterocycles. The van der Waals surface area contributed by atoms with Crippen molar-refractivity contribution < 1.29 is 80.2 Å².